The number of ether oxygens (including phenoxy) is 2. The Morgan fingerprint density at radius 3 is 2.68 bits per heavy atom. The van der Waals surface area contributed by atoms with Crippen LogP contribution >= 0.6 is 11.3 Å². The molecule has 0 unspecified atom stereocenters. The highest BCUT2D eigenvalue weighted by Gasteiger charge is 2.18. The van der Waals surface area contributed by atoms with Crippen molar-refractivity contribution in [2.45, 2.75) is 39.3 Å². The van der Waals surface area contributed by atoms with Gasteiger partial charge in [-0.3, -0.25) is 4.99 Å². The number of nitrogens with zero attached hydrogens (tertiary/aromatic N) is 2. The van der Waals surface area contributed by atoms with Crippen LogP contribution in [-0.2, 0) is 18.5 Å². The molecule has 2 heterocycles. The van der Waals surface area contributed by atoms with Gasteiger partial charge < -0.3 is 20.1 Å². The third kappa shape index (κ3) is 4.42. The van der Waals surface area contributed by atoms with Gasteiger partial charge in [-0.1, -0.05) is 26.8 Å². The third-order valence-electron chi connectivity index (χ3n) is 3.75. The maximum absolute atomic E-state index is 5.40. The van der Waals surface area contributed by atoms with Crippen molar-refractivity contribution in [1.82, 2.24) is 15.6 Å². The van der Waals surface area contributed by atoms with Crippen LogP contribution in [0.1, 0.15) is 37.0 Å². The van der Waals surface area contributed by atoms with Gasteiger partial charge in [0.2, 0.25) is 6.79 Å². The maximum Gasteiger partial charge on any atom is 0.231 e. The molecule has 0 saturated carbocycles. The standard InChI is InChI=1S/C18H24N4O2S/c1-18(2,3)16-22-13(10-25-16)9-21-17(19-4)20-8-12-5-6-14-15(7-12)24-11-23-14/h5-7,10H,8-9,11H2,1-4H3,(H2,19,20,21). The molecular formula is C18H24N4O2S. The van der Waals surface area contributed by atoms with Crippen LogP contribution < -0.4 is 20.1 Å². The second-order valence-electron chi connectivity index (χ2n) is 6.86. The molecule has 3 rings (SSSR count). The fourth-order valence-electron chi connectivity index (χ4n) is 2.36. The van der Waals surface area contributed by atoms with Gasteiger partial charge in [0.1, 0.15) is 0 Å². The fraction of sp³-hybridized carbons (Fsp3) is 0.444. The van der Waals surface area contributed by atoms with E-state index in [1.807, 2.05) is 18.2 Å². The smallest absolute Gasteiger partial charge is 0.231 e. The molecule has 0 radical (unpaired) electrons. The molecule has 2 aromatic rings. The lowest BCUT2D eigenvalue weighted by atomic mass is 9.98. The van der Waals surface area contributed by atoms with E-state index in [-0.39, 0.29) is 5.41 Å². The fourth-order valence-corrected chi connectivity index (χ4v) is 3.27. The summed E-state index contributed by atoms with van der Waals surface area (Å²) in [6.45, 7) is 8.12. The number of aromatic nitrogens is 1. The summed E-state index contributed by atoms with van der Waals surface area (Å²) < 4.78 is 10.7. The summed E-state index contributed by atoms with van der Waals surface area (Å²) in [7, 11) is 1.76. The third-order valence-corrected chi connectivity index (χ3v) is 5.07. The number of nitrogens with one attached hydrogen (secondary N) is 2. The van der Waals surface area contributed by atoms with Gasteiger partial charge in [0, 0.05) is 24.4 Å². The van der Waals surface area contributed by atoms with Crippen molar-refractivity contribution in [2.24, 2.45) is 4.99 Å². The number of guanidine groups is 1. The molecule has 25 heavy (non-hydrogen) atoms. The molecule has 0 fully saturated rings. The van der Waals surface area contributed by atoms with Gasteiger partial charge in [-0.2, -0.15) is 0 Å². The Labute approximate surface area is 152 Å². The van der Waals surface area contributed by atoms with E-state index in [0.717, 1.165) is 33.7 Å². The zero-order valence-corrected chi connectivity index (χ0v) is 15.9. The van der Waals surface area contributed by atoms with Crippen molar-refractivity contribution in [2.75, 3.05) is 13.8 Å². The number of aliphatic imine (C=N–C) groups is 1. The molecule has 0 aliphatic carbocycles. The summed E-state index contributed by atoms with van der Waals surface area (Å²) in [5.41, 5.74) is 2.22. The van der Waals surface area contributed by atoms with Crippen LogP contribution in [0.15, 0.2) is 28.6 Å². The number of fused-ring (bicyclic) bond motifs is 1. The van der Waals surface area contributed by atoms with Gasteiger partial charge in [-0.05, 0) is 17.7 Å². The molecule has 1 aliphatic rings. The van der Waals surface area contributed by atoms with Gasteiger partial charge in [-0.15, -0.1) is 11.3 Å². The Hall–Kier alpha value is -2.28. The largest absolute Gasteiger partial charge is 0.454 e. The van der Waals surface area contributed by atoms with Crippen molar-refractivity contribution in [1.29, 1.82) is 0 Å². The van der Waals surface area contributed by atoms with Crippen molar-refractivity contribution < 1.29 is 9.47 Å². The van der Waals surface area contributed by atoms with Crippen LogP contribution in [0.4, 0.5) is 0 Å². The lowest BCUT2D eigenvalue weighted by molar-refractivity contribution is 0.174. The van der Waals surface area contributed by atoms with Gasteiger partial charge in [0.25, 0.3) is 0 Å². The molecule has 2 N–H and O–H groups in total. The molecule has 1 aliphatic heterocycles. The van der Waals surface area contributed by atoms with Crippen LogP contribution in [-0.4, -0.2) is 24.8 Å². The molecule has 7 heteroatoms. The highest BCUT2D eigenvalue weighted by atomic mass is 32.1. The molecule has 0 atom stereocenters. The zero-order chi connectivity index (χ0) is 17.9. The summed E-state index contributed by atoms with van der Waals surface area (Å²) >= 11 is 1.70. The Bertz CT molecular complexity index is 765. The molecule has 0 bridgehead atoms. The van der Waals surface area contributed by atoms with Crippen molar-refractivity contribution >= 4 is 17.3 Å². The highest BCUT2D eigenvalue weighted by Crippen LogP contribution is 2.32. The Balaban J connectivity index is 1.52. The van der Waals surface area contributed by atoms with Gasteiger partial charge in [-0.25, -0.2) is 4.98 Å². The van der Waals surface area contributed by atoms with E-state index < -0.39 is 0 Å². The lowest BCUT2D eigenvalue weighted by Gasteiger charge is -2.14. The van der Waals surface area contributed by atoms with Gasteiger partial charge >= 0.3 is 0 Å². The summed E-state index contributed by atoms with van der Waals surface area (Å²) in [5.74, 6) is 2.33. The van der Waals surface area contributed by atoms with Gasteiger partial charge in [0.15, 0.2) is 17.5 Å². The van der Waals surface area contributed by atoms with Crippen molar-refractivity contribution in [3.8, 4) is 11.5 Å². The van der Waals surface area contributed by atoms with E-state index in [9.17, 15) is 0 Å². The second kappa shape index (κ2) is 7.31. The Kier molecular flexibility index (Phi) is 5.13. The predicted octanol–water partition coefficient (Wildman–Crippen LogP) is 3.03. The monoisotopic (exact) mass is 360 g/mol. The Morgan fingerprint density at radius 1 is 1.20 bits per heavy atom. The second-order valence-corrected chi connectivity index (χ2v) is 7.72. The van der Waals surface area contributed by atoms with Crippen molar-refractivity contribution in [3.63, 3.8) is 0 Å². The maximum atomic E-state index is 5.40. The molecule has 134 valence electrons. The van der Waals surface area contributed by atoms with E-state index in [1.54, 1.807) is 18.4 Å². The lowest BCUT2D eigenvalue weighted by Crippen LogP contribution is -2.36. The molecular weight excluding hydrogens is 336 g/mol. The first kappa shape index (κ1) is 17.5. The summed E-state index contributed by atoms with van der Waals surface area (Å²) in [5, 5.41) is 9.84. The molecule has 0 spiro atoms. The Morgan fingerprint density at radius 2 is 1.96 bits per heavy atom. The highest BCUT2D eigenvalue weighted by molar-refractivity contribution is 7.09. The molecule has 1 aromatic heterocycles. The topological polar surface area (TPSA) is 67.8 Å². The predicted molar refractivity (Wildman–Crippen MR) is 100 cm³/mol. The van der Waals surface area contributed by atoms with E-state index >= 15 is 0 Å². The quantitative estimate of drug-likeness (QED) is 0.648. The average Bonchev–Trinajstić information content (AvgIpc) is 3.23. The van der Waals surface area contributed by atoms with E-state index in [2.05, 4.69) is 46.8 Å². The zero-order valence-electron chi connectivity index (χ0n) is 15.0. The van der Waals surface area contributed by atoms with Crippen LogP contribution in [0.3, 0.4) is 0 Å². The summed E-state index contributed by atoms with van der Waals surface area (Å²) in [6, 6.07) is 5.93. The normalized spacial score (nSPS) is 13.8. The molecule has 1 aromatic carbocycles. The molecule has 0 saturated heterocycles. The first-order valence-electron chi connectivity index (χ1n) is 8.23. The van der Waals surface area contributed by atoms with E-state index in [0.29, 0.717) is 19.9 Å². The van der Waals surface area contributed by atoms with Crippen LogP contribution in [0.25, 0.3) is 0 Å². The molecule has 0 amide bonds. The van der Waals surface area contributed by atoms with Crippen LogP contribution in [0, 0.1) is 0 Å². The minimum absolute atomic E-state index is 0.0855. The molecule has 6 nitrogen and oxygen atoms in total. The van der Waals surface area contributed by atoms with Crippen LogP contribution in [0.5, 0.6) is 11.5 Å². The first-order valence-corrected chi connectivity index (χ1v) is 9.11. The number of benzene rings is 1. The van der Waals surface area contributed by atoms with Crippen molar-refractivity contribution in [3.05, 3.63) is 39.8 Å². The van der Waals surface area contributed by atoms with Crippen LogP contribution in [0.2, 0.25) is 0 Å². The minimum atomic E-state index is 0.0855. The number of rotatable bonds is 4. The SMILES string of the molecule is CN=C(NCc1ccc2c(c1)OCO2)NCc1csc(C(C)(C)C)n1. The number of thiazole rings is 1. The average molecular weight is 360 g/mol. The summed E-state index contributed by atoms with van der Waals surface area (Å²) in [6.07, 6.45) is 0. The first-order chi connectivity index (χ1) is 12.0. The van der Waals surface area contributed by atoms with Gasteiger partial charge in [0.05, 0.1) is 17.2 Å². The van der Waals surface area contributed by atoms with E-state index in [4.69, 9.17) is 9.47 Å². The number of hydrogen-bond donors (Lipinski definition) is 2. The number of hydrogen-bond acceptors (Lipinski definition) is 5. The van der Waals surface area contributed by atoms with E-state index in [1.165, 1.54) is 0 Å². The minimum Gasteiger partial charge on any atom is -0.454 e. The summed E-state index contributed by atoms with van der Waals surface area (Å²) in [4.78, 5) is 8.95.